The zero-order chi connectivity index (χ0) is 12.2. The lowest BCUT2D eigenvalue weighted by molar-refractivity contribution is -0.274. The van der Waals surface area contributed by atoms with E-state index < -0.39 is 6.36 Å². The van der Waals surface area contributed by atoms with Crippen LogP contribution in [0, 0.1) is 0 Å². The number of nitrogens with one attached hydrogen (secondary N) is 1. The Morgan fingerprint density at radius 1 is 1.29 bits per heavy atom. The molecule has 0 unspecified atom stereocenters. The van der Waals surface area contributed by atoms with Gasteiger partial charge in [-0.3, -0.25) is 4.79 Å². The van der Waals surface area contributed by atoms with Crippen molar-refractivity contribution >= 4 is 5.91 Å². The first-order valence-corrected chi connectivity index (χ1v) is 4.56. The third kappa shape index (κ3) is 5.24. The van der Waals surface area contributed by atoms with Crippen LogP contribution in [-0.4, -0.2) is 18.8 Å². The van der Waals surface area contributed by atoms with Crippen molar-refractivity contribution in [2.24, 2.45) is 0 Å². The molecule has 1 rings (SSSR count). The first-order valence-electron chi connectivity index (χ1n) is 4.56. The van der Waals surface area contributed by atoms with Gasteiger partial charge in [0.1, 0.15) is 5.75 Å². The van der Waals surface area contributed by atoms with Crippen molar-refractivity contribution in [1.29, 1.82) is 0 Å². The van der Waals surface area contributed by atoms with Gasteiger partial charge in [-0.1, -0.05) is 7.43 Å². The van der Waals surface area contributed by atoms with Crippen LogP contribution in [0.4, 0.5) is 13.2 Å². The number of hydrogen-bond donors (Lipinski definition) is 1. The number of ether oxygens (including phenoxy) is 1. The Labute approximate surface area is 97.6 Å². The molecule has 0 aliphatic carbocycles. The summed E-state index contributed by atoms with van der Waals surface area (Å²) in [7, 11) is 0. The minimum Gasteiger partial charge on any atom is -0.406 e. The summed E-state index contributed by atoms with van der Waals surface area (Å²) in [6.45, 7) is 2.21. The Balaban J connectivity index is 0.00000256. The van der Waals surface area contributed by atoms with Crippen molar-refractivity contribution in [2.45, 2.75) is 20.7 Å². The van der Waals surface area contributed by atoms with Crippen molar-refractivity contribution in [3.63, 3.8) is 0 Å². The van der Waals surface area contributed by atoms with Crippen LogP contribution in [0.1, 0.15) is 24.7 Å². The van der Waals surface area contributed by atoms with Crippen molar-refractivity contribution < 1.29 is 22.7 Å². The highest BCUT2D eigenvalue weighted by molar-refractivity contribution is 5.94. The van der Waals surface area contributed by atoms with E-state index in [1.807, 2.05) is 0 Å². The molecule has 0 aromatic heterocycles. The summed E-state index contributed by atoms with van der Waals surface area (Å²) in [5.74, 6) is -0.679. The third-order valence-corrected chi connectivity index (χ3v) is 1.69. The Morgan fingerprint density at radius 2 is 1.82 bits per heavy atom. The molecule has 1 N–H and O–H groups in total. The van der Waals surface area contributed by atoms with Crippen molar-refractivity contribution in [2.75, 3.05) is 6.54 Å². The molecule has 0 atom stereocenters. The summed E-state index contributed by atoms with van der Waals surface area (Å²) in [4.78, 5) is 11.3. The maximum Gasteiger partial charge on any atom is 0.573 e. The second-order valence-electron chi connectivity index (χ2n) is 2.93. The summed E-state index contributed by atoms with van der Waals surface area (Å²) >= 11 is 0. The second kappa shape index (κ2) is 6.12. The van der Waals surface area contributed by atoms with E-state index in [9.17, 15) is 18.0 Å². The molecule has 0 aliphatic heterocycles. The van der Waals surface area contributed by atoms with Crippen LogP contribution in [0.5, 0.6) is 5.75 Å². The van der Waals surface area contributed by atoms with Crippen LogP contribution in [-0.2, 0) is 0 Å². The maximum atomic E-state index is 11.8. The normalized spacial score (nSPS) is 10.4. The van der Waals surface area contributed by atoms with Crippen LogP contribution >= 0.6 is 0 Å². The number of carbonyl (C=O) groups excluding carboxylic acids is 1. The zero-order valence-corrected chi connectivity index (χ0v) is 8.47. The van der Waals surface area contributed by atoms with Gasteiger partial charge in [0, 0.05) is 12.1 Å². The molecule has 0 heterocycles. The zero-order valence-electron chi connectivity index (χ0n) is 8.47. The first kappa shape index (κ1) is 15.3. The summed E-state index contributed by atoms with van der Waals surface area (Å²) in [6.07, 6.45) is -4.72. The fraction of sp³-hybridized carbons (Fsp3) is 0.364. The molecule has 0 aliphatic rings. The minimum atomic E-state index is -4.72. The number of halogens is 3. The van der Waals surface area contributed by atoms with Gasteiger partial charge in [-0.05, 0) is 31.2 Å². The van der Waals surface area contributed by atoms with Crippen LogP contribution in [0.3, 0.4) is 0 Å². The highest BCUT2D eigenvalue weighted by Gasteiger charge is 2.30. The molecule has 6 heteroatoms. The lowest BCUT2D eigenvalue weighted by atomic mass is 10.2. The molecule has 0 saturated carbocycles. The van der Waals surface area contributed by atoms with Crippen molar-refractivity contribution in [3.05, 3.63) is 29.8 Å². The van der Waals surface area contributed by atoms with Gasteiger partial charge < -0.3 is 10.1 Å². The summed E-state index contributed by atoms with van der Waals surface area (Å²) in [5.41, 5.74) is 0.288. The quantitative estimate of drug-likeness (QED) is 0.894. The molecule has 1 amide bonds. The lowest BCUT2D eigenvalue weighted by Gasteiger charge is -2.09. The van der Waals surface area contributed by atoms with Crippen molar-refractivity contribution in [3.8, 4) is 5.75 Å². The number of hydrogen-bond acceptors (Lipinski definition) is 2. The van der Waals surface area contributed by atoms with E-state index in [0.717, 1.165) is 12.1 Å². The molecular formula is C11H14F3NO2. The van der Waals surface area contributed by atoms with E-state index in [1.165, 1.54) is 12.1 Å². The van der Waals surface area contributed by atoms with E-state index in [1.54, 1.807) is 6.92 Å². The molecule has 17 heavy (non-hydrogen) atoms. The summed E-state index contributed by atoms with van der Waals surface area (Å²) in [6, 6.07) is 4.73. The monoisotopic (exact) mass is 249 g/mol. The number of rotatable bonds is 3. The Hall–Kier alpha value is -1.72. The van der Waals surface area contributed by atoms with Gasteiger partial charge in [0.2, 0.25) is 0 Å². The van der Waals surface area contributed by atoms with Crippen LogP contribution in [0.25, 0.3) is 0 Å². The van der Waals surface area contributed by atoms with E-state index >= 15 is 0 Å². The highest BCUT2D eigenvalue weighted by atomic mass is 19.4. The minimum absolute atomic E-state index is 0. The number of carbonyl (C=O) groups is 1. The third-order valence-electron chi connectivity index (χ3n) is 1.69. The van der Waals surface area contributed by atoms with E-state index in [4.69, 9.17) is 0 Å². The van der Waals surface area contributed by atoms with Gasteiger partial charge in [-0.25, -0.2) is 0 Å². The molecule has 0 spiro atoms. The van der Waals surface area contributed by atoms with Crippen LogP contribution < -0.4 is 10.1 Å². The van der Waals surface area contributed by atoms with Gasteiger partial charge in [0.25, 0.3) is 5.91 Å². The van der Waals surface area contributed by atoms with E-state index in [2.05, 4.69) is 10.1 Å². The predicted octanol–water partition coefficient (Wildman–Crippen LogP) is 2.97. The Bertz CT molecular complexity index is 360. The van der Waals surface area contributed by atoms with Crippen molar-refractivity contribution in [1.82, 2.24) is 5.32 Å². The smallest absolute Gasteiger partial charge is 0.406 e. The summed E-state index contributed by atoms with van der Waals surface area (Å²) in [5, 5.41) is 2.53. The molecule has 0 radical (unpaired) electrons. The average Bonchev–Trinajstić information content (AvgIpc) is 2.16. The highest BCUT2D eigenvalue weighted by Crippen LogP contribution is 2.22. The SMILES string of the molecule is C.CCNC(=O)c1ccc(OC(F)(F)F)cc1. The molecule has 0 saturated heterocycles. The lowest BCUT2D eigenvalue weighted by Crippen LogP contribution is -2.22. The maximum absolute atomic E-state index is 11.8. The van der Waals surface area contributed by atoms with Gasteiger partial charge >= 0.3 is 6.36 Å². The van der Waals surface area contributed by atoms with Crippen LogP contribution in [0.2, 0.25) is 0 Å². The largest absolute Gasteiger partial charge is 0.573 e. The fourth-order valence-electron chi connectivity index (χ4n) is 1.07. The molecule has 3 nitrogen and oxygen atoms in total. The van der Waals surface area contributed by atoms with E-state index in [-0.39, 0.29) is 24.6 Å². The number of benzene rings is 1. The molecule has 1 aromatic rings. The van der Waals surface area contributed by atoms with Gasteiger partial charge in [0.05, 0.1) is 0 Å². The molecule has 0 bridgehead atoms. The van der Waals surface area contributed by atoms with Gasteiger partial charge in [-0.15, -0.1) is 13.2 Å². The van der Waals surface area contributed by atoms with Gasteiger partial charge in [0.15, 0.2) is 0 Å². The number of alkyl halides is 3. The topological polar surface area (TPSA) is 38.3 Å². The molecule has 0 fully saturated rings. The first-order chi connectivity index (χ1) is 7.42. The van der Waals surface area contributed by atoms with Gasteiger partial charge in [-0.2, -0.15) is 0 Å². The molecule has 96 valence electrons. The summed E-state index contributed by atoms with van der Waals surface area (Å²) < 4.78 is 39.1. The Morgan fingerprint density at radius 3 is 2.24 bits per heavy atom. The fourth-order valence-corrected chi connectivity index (χ4v) is 1.07. The van der Waals surface area contributed by atoms with Crippen LogP contribution in [0.15, 0.2) is 24.3 Å². The predicted molar refractivity (Wildman–Crippen MR) is 57.9 cm³/mol. The second-order valence-corrected chi connectivity index (χ2v) is 2.93. The average molecular weight is 249 g/mol. The standard InChI is InChI=1S/C10H10F3NO2.CH4/c1-2-14-9(15)7-3-5-8(6-4-7)16-10(11,12)13;/h3-6H,2H2,1H3,(H,14,15);1H4. The van der Waals surface area contributed by atoms with E-state index in [0.29, 0.717) is 6.54 Å². The molecule has 1 aromatic carbocycles. The molecular weight excluding hydrogens is 235 g/mol. The Kier molecular flexibility index (Phi) is 5.50. The number of amides is 1.